The Morgan fingerprint density at radius 3 is 2.31 bits per heavy atom. The molecule has 0 saturated carbocycles. The monoisotopic (exact) mass is 221 g/mol. The molecular formula is C11H15N3O2. The highest BCUT2D eigenvalue weighted by atomic mass is 16.2. The van der Waals surface area contributed by atoms with Crippen LogP contribution in [-0.2, 0) is 4.79 Å². The van der Waals surface area contributed by atoms with Gasteiger partial charge in [0.05, 0.1) is 0 Å². The van der Waals surface area contributed by atoms with Crippen molar-refractivity contribution < 1.29 is 9.59 Å². The van der Waals surface area contributed by atoms with Gasteiger partial charge in [-0.2, -0.15) is 0 Å². The first-order chi connectivity index (χ1) is 7.54. The molecule has 0 spiro atoms. The minimum atomic E-state index is -0.492. The van der Waals surface area contributed by atoms with Gasteiger partial charge in [-0.15, -0.1) is 0 Å². The summed E-state index contributed by atoms with van der Waals surface area (Å²) in [5.41, 5.74) is 11.5. The molecule has 5 N–H and O–H groups in total. The van der Waals surface area contributed by atoms with Crippen molar-refractivity contribution in [2.75, 3.05) is 11.9 Å². The summed E-state index contributed by atoms with van der Waals surface area (Å²) < 4.78 is 0. The van der Waals surface area contributed by atoms with Gasteiger partial charge in [0.25, 0.3) is 0 Å². The van der Waals surface area contributed by atoms with Gasteiger partial charge in [0, 0.05) is 23.7 Å². The zero-order chi connectivity index (χ0) is 12.1. The van der Waals surface area contributed by atoms with Crippen LogP contribution in [0.1, 0.15) is 17.3 Å². The highest BCUT2D eigenvalue weighted by Gasteiger charge is 2.10. The highest BCUT2D eigenvalue weighted by molar-refractivity contribution is 5.95. The van der Waals surface area contributed by atoms with Crippen molar-refractivity contribution in [3.63, 3.8) is 0 Å². The number of nitrogens with one attached hydrogen (secondary N) is 1. The molecule has 0 aliphatic rings. The van der Waals surface area contributed by atoms with Crippen LogP contribution in [0.4, 0.5) is 5.69 Å². The highest BCUT2D eigenvalue weighted by Crippen LogP contribution is 2.10. The summed E-state index contributed by atoms with van der Waals surface area (Å²) in [4.78, 5) is 22.3. The van der Waals surface area contributed by atoms with Crippen molar-refractivity contribution in [1.29, 1.82) is 0 Å². The van der Waals surface area contributed by atoms with Crippen molar-refractivity contribution in [2.24, 2.45) is 17.4 Å². The Morgan fingerprint density at radius 1 is 1.31 bits per heavy atom. The van der Waals surface area contributed by atoms with Crippen LogP contribution in [0.15, 0.2) is 24.3 Å². The minimum Gasteiger partial charge on any atom is -0.366 e. The van der Waals surface area contributed by atoms with Gasteiger partial charge in [-0.05, 0) is 24.3 Å². The molecule has 5 nitrogen and oxygen atoms in total. The number of hydrogen-bond acceptors (Lipinski definition) is 3. The third-order valence-corrected chi connectivity index (χ3v) is 2.24. The van der Waals surface area contributed by atoms with Crippen molar-refractivity contribution in [3.05, 3.63) is 29.8 Å². The smallest absolute Gasteiger partial charge is 0.248 e. The third-order valence-electron chi connectivity index (χ3n) is 2.24. The standard InChI is InChI=1S/C11H15N3O2/c1-7(6-12)11(16)14-9-4-2-8(3-5-9)10(13)15/h2-5,7H,6,12H2,1H3,(H2,13,15)(H,14,16). The Bertz CT molecular complexity index is 387. The van der Waals surface area contributed by atoms with Crippen LogP contribution in [0, 0.1) is 5.92 Å². The number of carbonyl (C=O) groups is 2. The maximum Gasteiger partial charge on any atom is 0.248 e. The maximum atomic E-state index is 11.5. The van der Waals surface area contributed by atoms with Gasteiger partial charge in [-0.3, -0.25) is 9.59 Å². The molecule has 16 heavy (non-hydrogen) atoms. The Morgan fingerprint density at radius 2 is 1.88 bits per heavy atom. The summed E-state index contributed by atoms with van der Waals surface area (Å²) in [6.07, 6.45) is 0. The maximum absolute atomic E-state index is 11.5. The van der Waals surface area contributed by atoms with Gasteiger partial charge in [-0.1, -0.05) is 6.92 Å². The lowest BCUT2D eigenvalue weighted by Crippen LogP contribution is -2.26. The van der Waals surface area contributed by atoms with E-state index >= 15 is 0 Å². The topological polar surface area (TPSA) is 98.2 Å². The molecule has 1 unspecified atom stereocenters. The molecule has 1 atom stereocenters. The average molecular weight is 221 g/mol. The first-order valence-electron chi connectivity index (χ1n) is 4.95. The predicted octanol–water partition coefficient (Wildman–Crippen LogP) is 0.319. The fourth-order valence-electron chi connectivity index (χ4n) is 1.09. The Labute approximate surface area is 93.8 Å². The lowest BCUT2D eigenvalue weighted by molar-refractivity contribution is -0.119. The molecule has 0 aliphatic carbocycles. The van der Waals surface area contributed by atoms with E-state index in [1.807, 2.05) is 0 Å². The number of rotatable bonds is 4. The summed E-state index contributed by atoms with van der Waals surface area (Å²) in [6.45, 7) is 2.04. The number of primary amides is 1. The lowest BCUT2D eigenvalue weighted by Gasteiger charge is -2.09. The second kappa shape index (κ2) is 5.27. The van der Waals surface area contributed by atoms with Gasteiger partial charge in [0.15, 0.2) is 0 Å². The molecular weight excluding hydrogens is 206 g/mol. The second-order valence-electron chi connectivity index (χ2n) is 3.57. The quantitative estimate of drug-likeness (QED) is 0.682. The van der Waals surface area contributed by atoms with Crippen molar-refractivity contribution in [2.45, 2.75) is 6.92 Å². The number of amides is 2. The van der Waals surface area contributed by atoms with Gasteiger partial charge < -0.3 is 16.8 Å². The van der Waals surface area contributed by atoms with Crippen LogP contribution in [0.5, 0.6) is 0 Å². The molecule has 0 aromatic heterocycles. The van der Waals surface area contributed by atoms with E-state index in [9.17, 15) is 9.59 Å². The van der Waals surface area contributed by atoms with E-state index in [1.54, 1.807) is 31.2 Å². The fourth-order valence-corrected chi connectivity index (χ4v) is 1.09. The summed E-state index contributed by atoms with van der Waals surface area (Å²) >= 11 is 0. The minimum absolute atomic E-state index is 0.144. The zero-order valence-electron chi connectivity index (χ0n) is 9.07. The van der Waals surface area contributed by atoms with Crippen molar-refractivity contribution in [1.82, 2.24) is 0 Å². The predicted molar refractivity (Wildman–Crippen MR) is 61.8 cm³/mol. The number of benzene rings is 1. The number of hydrogen-bond donors (Lipinski definition) is 3. The Balaban J connectivity index is 2.69. The summed E-state index contributed by atoms with van der Waals surface area (Å²) in [5, 5.41) is 2.69. The van der Waals surface area contributed by atoms with E-state index in [2.05, 4.69) is 5.32 Å². The molecule has 1 aromatic rings. The SMILES string of the molecule is CC(CN)C(=O)Nc1ccc(C(N)=O)cc1. The van der Waals surface area contributed by atoms with Crippen LogP contribution in [0.25, 0.3) is 0 Å². The van der Waals surface area contributed by atoms with E-state index in [0.717, 1.165) is 0 Å². The molecule has 5 heteroatoms. The molecule has 0 aliphatic heterocycles. The summed E-state index contributed by atoms with van der Waals surface area (Å²) in [5.74, 6) is -0.877. The van der Waals surface area contributed by atoms with Gasteiger partial charge in [-0.25, -0.2) is 0 Å². The third kappa shape index (κ3) is 3.06. The molecule has 2 amide bonds. The Hall–Kier alpha value is -1.88. The molecule has 86 valence electrons. The molecule has 1 aromatic carbocycles. The largest absolute Gasteiger partial charge is 0.366 e. The number of carbonyl (C=O) groups excluding carboxylic acids is 2. The van der Waals surface area contributed by atoms with Crippen LogP contribution in [-0.4, -0.2) is 18.4 Å². The summed E-state index contributed by atoms with van der Waals surface area (Å²) in [6, 6.07) is 6.37. The van der Waals surface area contributed by atoms with Crippen molar-refractivity contribution in [3.8, 4) is 0 Å². The second-order valence-corrected chi connectivity index (χ2v) is 3.57. The zero-order valence-corrected chi connectivity index (χ0v) is 9.07. The first-order valence-corrected chi connectivity index (χ1v) is 4.95. The van der Waals surface area contributed by atoms with E-state index in [-0.39, 0.29) is 11.8 Å². The van der Waals surface area contributed by atoms with Crippen molar-refractivity contribution >= 4 is 17.5 Å². The van der Waals surface area contributed by atoms with E-state index in [1.165, 1.54) is 0 Å². The van der Waals surface area contributed by atoms with Gasteiger partial charge in [0.2, 0.25) is 11.8 Å². The van der Waals surface area contributed by atoms with Gasteiger partial charge in [0.1, 0.15) is 0 Å². The van der Waals surface area contributed by atoms with Crippen LogP contribution < -0.4 is 16.8 Å². The molecule has 0 heterocycles. The Kier molecular flexibility index (Phi) is 4.02. The van der Waals surface area contributed by atoms with E-state index in [4.69, 9.17) is 11.5 Å². The molecule has 0 bridgehead atoms. The van der Waals surface area contributed by atoms with E-state index < -0.39 is 5.91 Å². The number of nitrogens with two attached hydrogens (primary N) is 2. The normalized spacial score (nSPS) is 11.9. The van der Waals surface area contributed by atoms with Crippen LogP contribution in [0.2, 0.25) is 0 Å². The molecule has 1 rings (SSSR count). The average Bonchev–Trinajstić information content (AvgIpc) is 2.28. The van der Waals surface area contributed by atoms with Gasteiger partial charge >= 0.3 is 0 Å². The first kappa shape index (κ1) is 12.2. The summed E-state index contributed by atoms with van der Waals surface area (Å²) in [7, 11) is 0. The van der Waals surface area contributed by atoms with Crippen LogP contribution >= 0.6 is 0 Å². The molecule has 0 saturated heterocycles. The number of anilines is 1. The van der Waals surface area contributed by atoms with Crippen LogP contribution in [0.3, 0.4) is 0 Å². The molecule has 0 radical (unpaired) electrons. The lowest BCUT2D eigenvalue weighted by atomic mass is 10.1. The molecule has 0 fully saturated rings. The fraction of sp³-hybridized carbons (Fsp3) is 0.273. The van der Waals surface area contributed by atoms with E-state index in [0.29, 0.717) is 17.8 Å².